The third-order valence-corrected chi connectivity index (χ3v) is 6.16. The fourth-order valence-electron chi connectivity index (χ4n) is 3.38. The monoisotopic (exact) mass is 371 g/mol. The van der Waals surface area contributed by atoms with E-state index in [1.54, 1.807) is 13.0 Å². The van der Waals surface area contributed by atoms with Crippen molar-refractivity contribution in [1.29, 1.82) is 0 Å². The Morgan fingerprint density at radius 1 is 1.38 bits per heavy atom. The van der Waals surface area contributed by atoms with Crippen LogP contribution in [0.15, 0.2) is 24.3 Å². The molecule has 2 aromatic rings. The second kappa shape index (κ2) is 8.10. The molecule has 0 saturated carbocycles. The summed E-state index contributed by atoms with van der Waals surface area (Å²) in [7, 11) is 2.15. The van der Waals surface area contributed by atoms with Gasteiger partial charge in [-0.25, -0.2) is 4.98 Å². The summed E-state index contributed by atoms with van der Waals surface area (Å²) in [6, 6.07) is 7.96. The van der Waals surface area contributed by atoms with Gasteiger partial charge in [-0.1, -0.05) is 18.2 Å². The summed E-state index contributed by atoms with van der Waals surface area (Å²) in [5.74, 6) is -0.0374. The molecule has 5 nitrogen and oxygen atoms in total. The first kappa shape index (κ1) is 18.7. The molecule has 1 unspecified atom stereocenters. The van der Waals surface area contributed by atoms with Crippen LogP contribution in [-0.2, 0) is 0 Å². The molecule has 0 radical (unpaired) electrons. The van der Waals surface area contributed by atoms with Crippen LogP contribution in [0.4, 0.5) is 0 Å². The molecule has 6 heteroatoms. The highest BCUT2D eigenvalue weighted by molar-refractivity contribution is 7.17. The Hall–Kier alpha value is -2.05. The summed E-state index contributed by atoms with van der Waals surface area (Å²) in [4.78, 5) is 31.7. The van der Waals surface area contributed by atoms with E-state index in [1.165, 1.54) is 24.2 Å². The van der Waals surface area contributed by atoms with Gasteiger partial charge in [0, 0.05) is 23.7 Å². The Kier molecular flexibility index (Phi) is 5.84. The number of Topliss-reactive ketones (excluding diaryl/α,β-unsaturated/α-hetero) is 1. The van der Waals surface area contributed by atoms with Crippen LogP contribution in [0.5, 0.6) is 0 Å². The van der Waals surface area contributed by atoms with Gasteiger partial charge in [-0.05, 0) is 52.8 Å². The van der Waals surface area contributed by atoms with Crippen LogP contribution < -0.4 is 5.32 Å². The first-order valence-electron chi connectivity index (χ1n) is 9.03. The summed E-state index contributed by atoms with van der Waals surface area (Å²) in [6.07, 6.45) is 3.43. The van der Waals surface area contributed by atoms with Crippen molar-refractivity contribution in [2.45, 2.75) is 39.2 Å². The molecule has 1 aromatic carbocycles. The molecule has 2 heterocycles. The second-order valence-electron chi connectivity index (χ2n) is 6.89. The van der Waals surface area contributed by atoms with E-state index in [2.05, 4.69) is 22.2 Å². The molecule has 1 aliphatic rings. The van der Waals surface area contributed by atoms with Crippen molar-refractivity contribution in [3.8, 4) is 10.6 Å². The maximum Gasteiger partial charge on any atom is 0.263 e. The number of carbonyl (C=O) groups excluding carboxylic acids is 2. The van der Waals surface area contributed by atoms with E-state index in [4.69, 9.17) is 0 Å². The average Bonchev–Trinajstić information content (AvgIpc) is 3.21. The third kappa shape index (κ3) is 4.19. The summed E-state index contributed by atoms with van der Waals surface area (Å²) in [6.45, 7) is 5.23. The zero-order valence-electron chi connectivity index (χ0n) is 15.5. The van der Waals surface area contributed by atoms with Gasteiger partial charge in [0.25, 0.3) is 5.91 Å². The van der Waals surface area contributed by atoms with E-state index in [1.807, 2.05) is 25.1 Å². The number of ketones is 1. The summed E-state index contributed by atoms with van der Waals surface area (Å²) >= 11 is 1.38. The Morgan fingerprint density at radius 3 is 2.88 bits per heavy atom. The van der Waals surface area contributed by atoms with Crippen molar-refractivity contribution in [2.75, 3.05) is 20.1 Å². The number of nitrogens with one attached hydrogen (secondary N) is 1. The number of nitrogens with zero attached hydrogens (tertiary/aromatic N) is 2. The Balaban J connectivity index is 1.66. The molecule has 1 fully saturated rings. The molecular weight excluding hydrogens is 346 g/mol. The first-order valence-corrected chi connectivity index (χ1v) is 9.84. The van der Waals surface area contributed by atoms with Gasteiger partial charge < -0.3 is 10.2 Å². The van der Waals surface area contributed by atoms with Crippen LogP contribution in [0.2, 0.25) is 0 Å². The van der Waals surface area contributed by atoms with Gasteiger partial charge in [0.15, 0.2) is 5.78 Å². The molecule has 3 rings (SSSR count). The van der Waals surface area contributed by atoms with Crippen molar-refractivity contribution in [3.63, 3.8) is 0 Å². The minimum Gasteiger partial charge on any atom is -0.351 e. The quantitative estimate of drug-likeness (QED) is 0.789. The molecule has 1 aromatic heterocycles. The van der Waals surface area contributed by atoms with Crippen molar-refractivity contribution in [3.05, 3.63) is 40.4 Å². The van der Waals surface area contributed by atoms with Crippen molar-refractivity contribution in [2.24, 2.45) is 0 Å². The van der Waals surface area contributed by atoms with E-state index in [9.17, 15) is 9.59 Å². The van der Waals surface area contributed by atoms with E-state index in [0.29, 0.717) is 23.0 Å². The molecule has 1 N–H and O–H groups in total. The van der Waals surface area contributed by atoms with Crippen LogP contribution >= 0.6 is 11.3 Å². The molecule has 1 saturated heterocycles. The Labute approximate surface area is 158 Å². The molecule has 138 valence electrons. The van der Waals surface area contributed by atoms with Crippen LogP contribution in [0, 0.1) is 6.92 Å². The lowest BCUT2D eigenvalue weighted by molar-refractivity contribution is 0.0952. The van der Waals surface area contributed by atoms with E-state index in [0.717, 1.165) is 29.2 Å². The second-order valence-corrected chi connectivity index (χ2v) is 7.89. The number of amides is 1. The van der Waals surface area contributed by atoms with Crippen LogP contribution in [0.3, 0.4) is 0 Å². The number of benzene rings is 1. The molecule has 0 spiro atoms. The number of rotatable bonds is 6. The lowest BCUT2D eigenvalue weighted by Crippen LogP contribution is -2.31. The van der Waals surface area contributed by atoms with Crippen LogP contribution in [0.25, 0.3) is 10.6 Å². The lowest BCUT2D eigenvalue weighted by Gasteiger charge is -2.19. The summed E-state index contributed by atoms with van der Waals surface area (Å²) in [5, 5.41) is 3.80. The van der Waals surface area contributed by atoms with Crippen molar-refractivity contribution >= 4 is 23.0 Å². The van der Waals surface area contributed by atoms with Gasteiger partial charge in [0.1, 0.15) is 9.88 Å². The van der Waals surface area contributed by atoms with Gasteiger partial charge in [-0.15, -0.1) is 11.3 Å². The smallest absolute Gasteiger partial charge is 0.263 e. The van der Waals surface area contributed by atoms with Gasteiger partial charge in [0.2, 0.25) is 0 Å². The number of likely N-dealkylation sites (tertiary alicyclic amines) is 1. The van der Waals surface area contributed by atoms with Crippen LogP contribution in [-0.4, -0.2) is 47.8 Å². The normalized spacial score (nSPS) is 17.4. The minimum atomic E-state index is -0.0605. The van der Waals surface area contributed by atoms with Gasteiger partial charge in [-0.2, -0.15) is 0 Å². The minimum absolute atomic E-state index is 0.0231. The topological polar surface area (TPSA) is 62.3 Å². The zero-order chi connectivity index (χ0) is 18.7. The fourth-order valence-corrected chi connectivity index (χ4v) is 4.36. The predicted octanol–water partition coefficient (Wildman–Crippen LogP) is 3.54. The van der Waals surface area contributed by atoms with Gasteiger partial charge in [0.05, 0.1) is 5.69 Å². The highest BCUT2D eigenvalue weighted by Gasteiger charge is 2.21. The van der Waals surface area contributed by atoms with Crippen LogP contribution in [0.1, 0.15) is 51.9 Å². The Bertz CT molecular complexity index is 815. The number of carbonyl (C=O) groups is 2. The standard InChI is InChI=1S/C20H25N3O2S/c1-13-18(19(25)21-10-9-17-8-5-11-23(17)3)26-20(22-13)16-7-4-6-15(12-16)14(2)24/h4,6-7,12,17H,5,8-11H2,1-3H3,(H,21,25). The third-order valence-electron chi connectivity index (χ3n) is 4.95. The van der Waals surface area contributed by atoms with Crippen molar-refractivity contribution in [1.82, 2.24) is 15.2 Å². The molecule has 1 aliphatic heterocycles. The molecule has 0 aliphatic carbocycles. The lowest BCUT2D eigenvalue weighted by atomic mass is 10.1. The van der Waals surface area contributed by atoms with E-state index in [-0.39, 0.29) is 11.7 Å². The average molecular weight is 372 g/mol. The van der Waals surface area contributed by atoms with E-state index < -0.39 is 0 Å². The van der Waals surface area contributed by atoms with E-state index >= 15 is 0 Å². The number of hydrogen-bond donors (Lipinski definition) is 1. The highest BCUT2D eigenvalue weighted by atomic mass is 32.1. The first-order chi connectivity index (χ1) is 12.5. The molecule has 26 heavy (non-hydrogen) atoms. The number of aromatic nitrogens is 1. The van der Waals surface area contributed by atoms with Crippen molar-refractivity contribution < 1.29 is 9.59 Å². The molecular formula is C20H25N3O2S. The SMILES string of the molecule is CC(=O)c1cccc(-c2nc(C)c(C(=O)NCCC3CCCN3C)s2)c1. The summed E-state index contributed by atoms with van der Waals surface area (Å²) < 4.78 is 0. The van der Waals surface area contributed by atoms with Gasteiger partial charge >= 0.3 is 0 Å². The highest BCUT2D eigenvalue weighted by Crippen LogP contribution is 2.28. The molecule has 1 atom stereocenters. The summed E-state index contributed by atoms with van der Waals surface area (Å²) in [5.41, 5.74) is 2.26. The number of aryl methyl sites for hydroxylation is 1. The number of thiazole rings is 1. The maximum absolute atomic E-state index is 12.5. The fraction of sp³-hybridized carbons (Fsp3) is 0.450. The molecule has 0 bridgehead atoms. The predicted molar refractivity (Wildman–Crippen MR) is 105 cm³/mol. The number of hydrogen-bond acceptors (Lipinski definition) is 5. The maximum atomic E-state index is 12.5. The Morgan fingerprint density at radius 2 is 2.19 bits per heavy atom. The largest absolute Gasteiger partial charge is 0.351 e. The van der Waals surface area contributed by atoms with Gasteiger partial charge in [-0.3, -0.25) is 9.59 Å². The zero-order valence-corrected chi connectivity index (χ0v) is 16.4. The molecule has 1 amide bonds.